The fourth-order valence-electron chi connectivity index (χ4n) is 1.29. The SMILES string of the molecule is CO[SiH](OC)OC.CO[Si](CC(C)C)(OC)OC. The van der Waals surface area contributed by atoms with Crippen molar-refractivity contribution in [3.8, 4) is 0 Å². The first kappa shape index (κ1) is 20.5. The molecular formula is C10H28O6Si2. The van der Waals surface area contributed by atoms with Crippen LogP contribution in [0.15, 0.2) is 0 Å². The van der Waals surface area contributed by atoms with Gasteiger partial charge in [-0.25, -0.2) is 0 Å². The molecule has 0 heterocycles. The van der Waals surface area contributed by atoms with E-state index in [1.807, 2.05) is 0 Å². The molecule has 0 bridgehead atoms. The van der Waals surface area contributed by atoms with Crippen molar-refractivity contribution in [1.29, 1.82) is 0 Å². The second-order valence-corrected chi connectivity index (χ2v) is 8.88. The number of rotatable bonds is 8. The Kier molecular flexibility index (Phi) is 13.9. The van der Waals surface area contributed by atoms with Crippen LogP contribution in [0.2, 0.25) is 6.04 Å². The van der Waals surface area contributed by atoms with Crippen LogP contribution in [0.4, 0.5) is 0 Å². The normalized spacial score (nSPS) is 11.7. The van der Waals surface area contributed by atoms with Gasteiger partial charge in [-0.3, -0.25) is 0 Å². The van der Waals surface area contributed by atoms with Crippen molar-refractivity contribution in [1.82, 2.24) is 0 Å². The van der Waals surface area contributed by atoms with Crippen LogP contribution >= 0.6 is 0 Å². The van der Waals surface area contributed by atoms with Crippen LogP contribution in [-0.2, 0) is 26.6 Å². The smallest absolute Gasteiger partial charge is 0.379 e. The molecule has 0 N–H and O–H groups in total. The summed E-state index contributed by atoms with van der Waals surface area (Å²) in [6.07, 6.45) is 0. The van der Waals surface area contributed by atoms with Gasteiger partial charge in [0.2, 0.25) is 0 Å². The summed E-state index contributed by atoms with van der Waals surface area (Å²) in [5.41, 5.74) is 0. The Balaban J connectivity index is 0. The van der Waals surface area contributed by atoms with E-state index in [2.05, 4.69) is 13.8 Å². The zero-order valence-electron chi connectivity index (χ0n) is 12.8. The average molecular weight is 300 g/mol. The van der Waals surface area contributed by atoms with Crippen molar-refractivity contribution < 1.29 is 26.6 Å². The van der Waals surface area contributed by atoms with Crippen molar-refractivity contribution in [2.75, 3.05) is 42.7 Å². The molecule has 0 aliphatic carbocycles. The van der Waals surface area contributed by atoms with Gasteiger partial charge in [0, 0.05) is 48.7 Å². The van der Waals surface area contributed by atoms with Gasteiger partial charge in [-0.05, 0) is 5.92 Å². The Hall–Kier alpha value is 0.194. The van der Waals surface area contributed by atoms with Crippen LogP contribution in [0.3, 0.4) is 0 Å². The van der Waals surface area contributed by atoms with Crippen LogP contribution in [0, 0.1) is 5.92 Å². The summed E-state index contributed by atoms with van der Waals surface area (Å²) >= 11 is 0. The fourth-order valence-corrected chi connectivity index (χ4v) is 3.87. The molecule has 0 aromatic carbocycles. The molecule has 0 spiro atoms. The van der Waals surface area contributed by atoms with Gasteiger partial charge in [0.25, 0.3) is 0 Å². The first-order chi connectivity index (χ1) is 8.44. The molecule has 18 heavy (non-hydrogen) atoms. The third kappa shape index (κ3) is 9.17. The molecule has 0 unspecified atom stereocenters. The predicted octanol–water partition coefficient (Wildman–Crippen LogP) is 1.16. The lowest BCUT2D eigenvalue weighted by atomic mass is 10.3. The van der Waals surface area contributed by atoms with Crippen LogP contribution in [-0.4, -0.2) is 61.0 Å². The largest absolute Gasteiger partial charge is 0.500 e. The lowest BCUT2D eigenvalue weighted by Crippen LogP contribution is -2.43. The van der Waals surface area contributed by atoms with Crippen molar-refractivity contribution >= 4 is 18.3 Å². The molecule has 0 aliphatic heterocycles. The Morgan fingerprint density at radius 3 is 1.17 bits per heavy atom. The third-order valence-corrected chi connectivity index (χ3v) is 6.51. The maximum absolute atomic E-state index is 5.24. The van der Waals surface area contributed by atoms with Gasteiger partial charge in [0.1, 0.15) is 0 Å². The molecule has 0 aromatic heterocycles. The minimum Gasteiger partial charge on any atom is -0.379 e. The Bertz CT molecular complexity index is 160. The molecule has 0 aromatic rings. The summed E-state index contributed by atoms with van der Waals surface area (Å²) in [6.45, 7) is 4.25. The maximum Gasteiger partial charge on any atom is 0.500 e. The molecule has 0 fully saturated rings. The van der Waals surface area contributed by atoms with E-state index in [9.17, 15) is 0 Å². The van der Waals surface area contributed by atoms with Crippen LogP contribution < -0.4 is 0 Å². The molecular weight excluding hydrogens is 272 g/mol. The summed E-state index contributed by atoms with van der Waals surface area (Å²) in [4.78, 5) is 0. The predicted molar refractivity (Wildman–Crippen MR) is 74.6 cm³/mol. The molecule has 0 saturated heterocycles. The van der Waals surface area contributed by atoms with Gasteiger partial charge < -0.3 is 26.6 Å². The zero-order valence-corrected chi connectivity index (χ0v) is 15.0. The Morgan fingerprint density at radius 2 is 1.11 bits per heavy atom. The van der Waals surface area contributed by atoms with Crippen LogP contribution in [0.25, 0.3) is 0 Å². The molecule has 0 amide bonds. The quantitative estimate of drug-likeness (QED) is 0.627. The standard InChI is InChI=1S/C7H18O3Si.C3H10O3Si/c1-7(2)6-11(8-3,9-4)10-5;1-4-7(5-2)6-3/h7H,6H2,1-5H3;7H,1-3H3. The molecule has 0 aliphatic rings. The van der Waals surface area contributed by atoms with Gasteiger partial charge >= 0.3 is 18.3 Å². The summed E-state index contributed by atoms with van der Waals surface area (Å²) in [7, 11) is 5.69. The van der Waals surface area contributed by atoms with Gasteiger partial charge in [-0.1, -0.05) is 13.8 Å². The zero-order chi connectivity index (χ0) is 14.6. The maximum atomic E-state index is 5.24. The van der Waals surface area contributed by atoms with Gasteiger partial charge in [-0.2, -0.15) is 0 Å². The first-order valence-electron chi connectivity index (χ1n) is 5.69. The molecule has 112 valence electrons. The van der Waals surface area contributed by atoms with Gasteiger partial charge in [-0.15, -0.1) is 0 Å². The van der Waals surface area contributed by atoms with Gasteiger partial charge in [0.15, 0.2) is 0 Å². The summed E-state index contributed by atoms with van der Waals surface area (Å²) in [6, 6.07) is 0.872. The van der Waals surface area contributed by atoms with E-state index < -0.39 is 18.3 Å². The highest BCUT2D eigenvalue weighted by Crippen LogP contribution is 2.18. The van der Waals surface area contributed by atoms with E-state index in [-0.39, 0.29) is 0 Å². The van der Waals surface area contributed by atoms with E-state index in [0.29, 0.717) is 5.92 Å². The topological polar surface area (TPSA) is 55.4 Å². The van der Waals surface area contributed by atoms with Gasteiger partial charge in [0.05, 0.1) is 0 Å². The summed E-state index contributed by atoms with van der Waals surface area (Å²) < 4.78 is 30.0. The van der Waals surface area contributed by atoms with Crippen molar-refractivity contribution in [3.05, 3.63) is 0 Å². The van der Waals surface area contributed by atoms with E-state index in [0.717, 1.165) is 6.04 Å². The third-order valence-electron chi connectivity index (χ3n) is 2.17. The van der Waals surface area contributed by atoms with Crippen LogP contribution in [0.1, 0.15) is 13.8 Å². The highest BCUT2D eigenvalue weighted by atomic mass is 28.4. The fraction of sp³-hybridized carbons (Fsp3) is 1.00. The number of hydrogen-bond donors (Lipinski definition) is 0. The van der Waals surface area contributed by atoms with Crippen molar-refractivity contribution in [2.24, 2.45) is 5.92 Å². The van der Waals surface area contributed by atoms with E-state index in [4.69, 9.17) is 26.6 Å². The minimum atomic E-state index is -2.28. The van der Waals surface area contributed by atoms with E-state index in [1.165, 1.54) is 0 Å². The highest BCUT2D eigenvalue weighted by Gasteiger charge is 2.38. The molecule has 6 nitrogen and oxygen atoms in total. The first-order valence-corrected chi connectivity index (χ1v) is 9.03. The van der Waals surface area contributed by atoms with Crippen molar-refractivity contribution in [2.45, 2.75) is 19.9 Å². The Labute approximate surface area is 114 Å². The average Bonchev–Trinajstić information content (AvgIpc) is 2.38. The summed E-state index contributed by atoms with van der Waals surface area (Å²) in [5, 5.41) is 0. The molecule has 0 saturated carbocycles. The van der Waals surface area contributed by atoms with Crippen LogP contribution in [0.5, 0.6) is 0 Å². The molecule has 8 heteroatoms. The van der Waals surface area contributed by atoms with E-state index in [1.54, 1.807) is 42.7 Å². The second-order valence-electron chi connectivity index (χ2n) is 3.89. The Morgan fingerprint density at radius 1 is 0.778 bits per heavy atom. The minimum absolute atomic E-state index is 0.543. The monoisotopic (exact) mass is 300 g/mol. The lowest BCUT2D eigenvalue weighted by Gasteiger charge is -2.25. The summed E-state index contributed by atoms with van der Waals surface area (Å²) in [5.74, 6) is 0.543. The van der Waals surface area contributed by atoms with E-state index >= 15 is 0 Å². The highest BCUT2D eigenvalue weighted by molar-refractivity contribution is 6.60. The second kappa shape index (κ2) is 12.2. The number of hydrogen-bond acceptors (Lipinski definition) is 6. The lowest BCUT2D eigenvalue weighted by molar-refractivity contribution is 0.119. The molecule has 0 radical (unpaired) electrons. The molecule has 0 rings (SSSR count). The van der Waals surface area contributed by atoms with Crippen molar-refractivity contribution in [3.63, 3.8) is 0 Å². The molecule has 0 atom stereocenters.